The summed E-state index contributed by atoms with van der Waals surface area (Å²) in [6.45, 7) is 3.43. The molecule has 0 aliphatic carbocycles. The predicted octanol–water partition coefficient (Wildman–Crippen LogP) is 1.51. The van der Waals surface area contributed by atoms with Crippen molar-refractivity contribution in [3.8, 4) is 5.75 Å². The van der Waals surface area contributed by atoms with Gasteiger partial charge in [-0.3, -0.25) is 0 Å². The van der Waals surface area contributed by atoms with Crippen molar-refractivity contribution in [2.24, 2.45) is 7.05 Å². The van der Waals surface area contributed by atoms with Gasteiger partial charge in [0.1, 0.15) is 18.1 Å². The third-order valence-electron chi connectivity index (χ3n) is 4.65. The number of aromatic nitrogens is 3. The molecule has 5 nitrogen and oxygen atoms in total. The Morgan fingerprint density at radius 2 is 2.09 bits per heavy atom. The zero-order valence-corrected chi connectivity index (χ0v) is 14.9. The van der Waals surface area contributed by atoms with Crippen molar-refractivity contribution in [2.75, 3.05) is 26.5 Å². The first-order valence-corrected chi connectivity index (χ1v) is 9.33. The highest BCUT2D eigenvalue weighted by molar-refractivity contribution is 7.98. The number of rotatable bonds is 5. The van der Waals surface area contributed by atoms with Crippen LogP contribution in [0.3, 0.4) is 0 Å². The van der Waals surface area contributed by atoms with Crippen molar-refractivity contribution in [2.45, 2.75) is 30.5 Å². The lowest BCUT2D eigenvalue weighted by Crippen LogP contribution is -3.12. The van der Waals surface area contributed by atoms with Gasteiger partial charge in [-0.05, 0) is 43.4 Å². The standard InChI is InChI=1S/C17H24N4OS/c1-20-16(18-19-17(20)23-3)14-5-4-10-21(12-14)11-13-6-8-15(22-2)9-7-13/h6-9,14H,4-5,10-12H2,1-3H3/p+1/t14-/m1/s1. The zero-order valence-electron chi connectivity index (χ0n) is 14.1. The fourth-order valence-corrected chi connectivity index (χ4v) is 3.91. The van der Waals surface area contributed by atoms with Crippen molar-refractivity contribution in [3.63, 3.8) is 0 Å². The van der Waals surface area contributed by atoms with Gasteiger partial charge >= 0.3 is 0 Å². The summed E-state index contributed by atoms with van der Waals surface area (Å²) in [5.41, 5.74) is 1.37. The summed E-state index contributed by atoms with van der Waals surface area (Å²) in [4.78, 5) is 1.63. The van der Waals surface area contributed by atoms with Gasteiger partial charge in [-0.15, -0.1) is 10.2 Å². The van der Waals surface area contributed by atoms with Gasteiger partial charge in [-0.1, -0.05) is 11.8 Å². The van der Waals surface area contributed by atoms with Gasteiger partial charge in [0.2, 0.25) is 0 Å². The largest absolute Gasteiger partial charge is 0.497 e. The van der Waals surface area contributed by atoms with Crippen LogP contribution in [-0.2, 0) is 13.6 Å². The van der Waals surface area contributed by atoms with E-state index in [2.05, 4.69) is 40.2 Å². The van der Waals surface area contributed by atoms with Gasteiger partial charge < -0.3 is 14.2 Å². The van der Waals surface area contributed by atoms with Crippen LogP contribution in [0.5, 0.6) is 5.75 Å². The highest BCUT2D eigenvalue weighted by Crippen LogP contribution is 2.23. The summed E-state index contributed by atoms with van der Waals surface area (Å²) < 4.78 is 7.39. The Morgan fingerprint density at radius 3 is 2.74 bits per heavy atom. The molecule has 1 aromatic carbocycles. The van der Waals surface area contributed by atoms with Crippen molar-refractivity contribution in [1.29, 1.82) is 0 Å². The maximum Gasteiger partial charge on any atom is 0.190 e. The molecule has 0 bridgehead atoms. The van der Waals surface area contributed by atoms with Crippen LogP contribution in [0.1, 0.15) is 30.1 Å². The van der Waals surface area contributed by atoms with E-state index in [0.29, 0.717) is 5.92 Å². The van der Waals surface area contributed by atoms with Gasteiger partial charge in [-0.2, -0.15) is 0 Å². The van der Waals surface area contributed by atoms with E-state index in [-0.39, 0.29) is 0 Å². The van der Waals surface area contributed by atoms with Crippen LogP contribution in [0.25, 0.3) is 0 Å². The highest BCUT2D eigenvalue weighted by Gasteiger charge is 2.28. The first kappa shape index (κ1) is 16.3. The molecule has 6 heteroatoms. The minimum atomic E-state index is 0.510. The summed E-state index contributed by atoms with van der Waals surface area (Å²) >= 11 is 1.66. The van der Waals surface area contributed by atoms with Crippen molar-refractivity contribution in [1.82, 2.24) is 14.8 Å². The molecule has 1 fully saturated rings. The van der Waals surface area contributed by atoms with Crippen molar-refractivity contribution < 1.29 is 9.64 Å². The SMILES string of the molecule is COc1ccc(C[NH+]2CCC[C@@H](c3nnc(SC)n3C)C2)cc1. The summed E-state index contributed by atoms with van der Waals surface area (Å²) in [6.07, 6.45) is 4.51. The number of piperidine rings is 1. The molecule has 2 aromatic rings. The molecule has 2 atom stereocenters. The lowest BCUT2D eigenvalue weighted by Gasteiger charge is -2.29. The van der Waals surface area contributed by atoms with E-state index >= 15 is 0 Å². The third-order valence-corrected chi connectivity index (χ3v) is 5.37. The quantitative estimate of drug-likeness (QED) is 0.843. The van der Waals surface area contributed by atoms with Gasteiger partial charge in [-0.25, -0.2) is 0 Å². The maximum atomic E-state index is 5.23. The maximum absolute atomic E-state index is 5.23. The molecular formula is C17H25N4OS+. The summed E-state index contributed by atoms with van der Waals surface area (Å²) in [7, 11) is 3.79. The van der Waals surface area contributed by atoms with E-state index in [1.807, 2.05) is 12.1 Å². The Bertz CT molecular complexity index is 641. The third kappa shape index (κ3) is 3.70. The van der Waals surface area contributed by atoms with Crippen LogP contribution in [0.4, 0.5) is 0 Å². The van der Waals surface area contributed by atoms with Crippen LogP contribution in [0, 0.1) is 0 Å². The van der Waals surface area contributed by atoms with E-state index in [9.17, 15) is 0 Å². The second kappa shape index (κ2) is 7.36. The van der Waals surface area contributed by atoms with Gasteiger partial charge in [0, 0.05) is 12.6 Å². The number of ether oxygens (including phenoxy) is 1. The molecule has 1 saturated heterocycles. The Morgan fingerprint density at radius 1 is 1.30 bits per heavy atom. The van der Waals surface area contributed by atoms with Gasteiger partial charge in [0.15, 0.2) is 5.16 Å². The minimum Gasteiger partial charge on any atom is -0.497 e. The van der Waals surface area contributed by atoms with Crippen LogP contribution < -0.4 is 9.64 Å². The molecular weight excluding hydrogens is 308 g/mol. The molecule has 2 heterocycles. The molecule has 124 valence electrons. The number of nitrogens with one attached hydrogen (secondary N) is 1. The molecule has 1 aromatic heterocycles. The van der Waals surface area contributed by atoms with Gasteiger partial charge in [0.05, 0.1) is 26.1 Å². The lowest BCUT2D eigenvalue weighted by atomic mass is 9.96. The first-order chi connectivity index (χ1) is 11.2. The number of benzene rings is 1. The normalized spacial score (nSPS) is 21.3. The van der Waals surface area contributed by atoms with E-state index in [1.54, 1.807) is 23.8 Å². The molecule has 0 saturated carbocycles. The Balaban J connectivity index is 1.66. The van der Waals surface area contributed by atoms with Crippen LogP contribution in [-0.4, -0.2) is 41.2 Å². The lowest BCUT2D eigenvalue weighted by molar-refractivity contribution is -0.920. The predicted molar refractivity (Wildman–Crippen MR) is 92.2 cm³/mol. The summed E-state index contributed by atoms with van der Waals surface area (Å²) in [6, 6.07) is 8.43. The van der Waals surface area contributed by atoms with Crippen molar-refractivity contribution >= 4 is 11.8 Å². The Hall–Kier alpha value is -1.53. The fraction of sp³-hybridized carbons (Fsp3) is 0.529. The second-order valence-corrected chi connectivity index (χ2v) is 6.95. The summed E-state index contributed by atoms with van der Waals surface area (Å²) in [5, 5.41) is 9.73. The number of likely N-dealkylation sites (tertiary alicyclic amines) is 1. The van der Waals surface area contributed by atoms with Crippen LogP contribution in [0.15, 0.2) is 29.4 Å². The van der Waals surface area contributed by atoms with E-state index < -0.39 is 0 Å². The molecule has 3 rings (SSSR count). The van der Waals surface area contributed by atoms with Crippen molar-refractivity contribution in [3.05, 3.63) is 35.7 Å². The fourth-order valence-electron chi connectivity index (χ4n) is 3.42. The smallest absolute Gasteiger partial charge is 0.190 e. The zero-order chi connectivity index (χ0) is 16.2. The number of methoxy groups -OCH3 is 1. The second-order valence-electron chi connectivity index (χ2n) is 6.17. The van der Waals surface area contributed by atoms with E-state index in [0.717, 1.165) is 29.8 Å². The molecule has 23 heavy (non-hydrogen) atoms. The monoisotopic (exact) mass is 333 g/mol. The number of quaternary nitrogens is 1. The van der Waals surface area contributed by atoms with Crippen LogP contribution in [0.2, 0.25) is 0 Å². The average Bonchev–Trinajstić information content (AvgIpc) is 2.96. The number of hydrogen-bond donors (Lipinski definition) is 1. The Labute approximate surface area is 142 Å². The molecule has 0 radical (unpaired) electrons. The molecule has 1 aliphatic heterocycles. The number of nitrogens with zero attached hydrogens (tertiary/aromatic N) is 3. The number of hydrogen-bond acceptors (Lipinski definition) is 4. The van der Waals surface area contributed by atoms with E-state index in [4.69, 9.17) is 4.74 Å². The highest BCUT2D eigenvalue weighted by atomic mass is 32.2. The molecule has 0 spiro atoms. The minimum absolute atomic E-state index is 0.510. The first-order valence-electron chi connectivity index (χ1n) is 8.11. The molecule has 1 aliphatic rings. The molecule has 0 amide bonds. The molecule has 1 unspecified atom stereocenters. The van der Waals surface area contributed by atoms with E-state index in [1.165, 1.54) is 24.9 Å². The van der Waals surface area contributed by atoms with Crippen LogP contribution >= 0.6 is 11.8 Å². The van der Waals surface area contributed by atoms with Gasteiger partial charge in [0.25, 0.3) is 0 Å². The summed E-state index contributed by atoms with van der Waals surface area (Å²) in [5.74, 6) is 2.57. The Kier molecular flexibility index (Phi) is 5.23. The topological polar surface area (TPSA) is 44.4 Å². The number of thioether (sulfide) groups is 1. The average molecular weight is 333 g/mol. The molecule has 1 N–H and O–H groups in total.